The summed E-state index contributed by atoms with van der Waals surface area (Å²) in [6.07, 6.45) is 5.22. The summed E-state index contributed by atoms with van der Waals surface area (Å²) >= 11 is 0. The lowest BCUT2D eigenvalue weighted by Crippen LogP contribution is -2.36. The number of hydrogen-bond donors (Lipinski definition) is 0. The van der Waals surface area contributed by atoms with E-state index in [1.165, 1.54) is 11.1 Å². The maximum Gasteiger partial charge on any atom is 0.153 e. The first-order valence-corrected chi connectivity index (χ1v) is 10.8. The predicted octanol–water partition coefficient (Wildman–Crippen LogP) is 4.58. The third-order valence-corrected chi connectivity index (χ3v) is 6.37. The smallest absolute Gasteiger partial charge is 0.153 e. The molecule has 0 spiro atoms. The Bertz CT molecular complexity index is 799. The first-order valence-electron chi connectivity index (χ1n) is 10.8. The minimum Gasteiger partial charge on any atom is -0.489 e. The van der Waals surface area contributed by atoms with Crippen molar-refractivity contribution in [3.63, 3.8) is 0 Å². The Morgan fingerprint density at radius 1 is 0.966 bits per heavy atom. The highest BCUT2D eigenvalue weighted by Gasteiger charge is 2.31. The third-order valence-electron chi connectivity index (χ3n) is 6.37. The van der Waals surface area contributed by atoms with Crippen LogP contribution >= 0.6 is 0 Å². The molecule has 4 nitrogen and oxygen atoms in total. The van der Waals surface area contributed by atoms with Crippen LogP contribution < -0.4 is 4.74 Å². The van der Waals surface area contributed by atoms with Gasteiger partial charge in [-0.1, -0.05) is 48.5 Å². The average molecular weight is 394 g/mol. The summed E-state index contributed by atoms with van der Waals surface area (Å²) < 4.78 is 12.3. The molecular formula is C25H31NO3. The van der Waals surface area contributed by atoms with E-state index < -0.39 is 0 Å². The molecule has 2 fully saturated rings. The molecule has 2 aromatic rings. The van der Waals surface area contributed by atoms with Crippen LogP contribution in [-0.2, 0) is 16.1 Å². The van der Waals surface area contributed by atoms with Gasteiger partial charge in [0.1, 0.15) is 12.4 Å². The summed E-state index contributed by atoms with van der Waals surface area (Å²) in [7, 11) is 2.02. The maximum absolute atomic E-state index is 12.0. The van der Waals surface area contributed by atoms with Crippen LogP contribution in [0.1, 0.15) is 49.1 Å². The van der Waals surface area contributed by atoms with Gasteiger partial charge in [0.15, 0.2) is 5.78 Å². The predicted molar refractivity (Wildman–Crippen MR) is 114 cm³/mol. The third kappa shape index (κ3) is 5.06. The number of likely N-dealkylation sites (N-methyl/N-ethyl adjacent to an activating group) is 1. The number of likely N-dealkylation sites (tertiary alicyclic amines) is 1. The van der Waals surface area contributed by atoms with E-state index in [4.69, 9.17) is 9.47 Å². The highest BCUT2D eigenvalue weighted by molar-refractivity contribution is 5.86. The van der Waals surface area contributed by atoms with Crippen molar-refractivity contribution in [1.82, 2.24) is 4.90 Å². The van der Waals surface area contributed by atoms with Gasteiger partial charge in [-0.3, -0.25) is 9.69 Å². The monoisotopic (exact) mass is 393 g/mol. The van der Waals surface area contributed by atoms with Crippen LogP contribution in [0.5, 0.6) is 5.75 Å². The first kappa shape index (κ1) is 20.1. The molecule has 4 heteroatoms. The van der Waals surface area contributed by atoms with Crippen LogP contribution in [-0.4, -0.2) is 43.0 Å². The van der Waals surface area contributed by atoms with Gasteiger partial charge in [0.05, 0.1) is 18.8 Å². The van der Waals surface area contributed by atoms with Gasteiger partial charge in [-0.2, -0.15) is 0 Å². The van der Waals surface area contributed by atoms with Crippen molar-refractivity contribution < 1.29 is 14.3 Å². The number of para-hydroxylation sites is 1. The SMILES string of the molecule is CN1CCC(=O)C1COC1CCC(c2ccccc2OCc2ccccc2)CC1. The van der Waals surface area contributed by atoms with Crippen molar-refractivity contribution in [3.8, 4) is 5.75 Å². The normalized spacial score (nSPS) is 25.3. The van der Waals surface area contributed by atoms with Crippen molar-refractivity contribution in [2.24, 2.45) is 0 Å². The second-order valence-corrected chi connectivity index (χ2v) is 8.33. The van der Waals surface area contributed by atoms with E-state index in [-0.39, 0.29) is 12.1 Å². The van der Waals surface area contributed by atoms with Crippen LogP contribution in [0.4, 0.5) is 0 Å². The molecule has 0 aromatic heterocycles. The zero-order chi connectivity index (χ0) is 20.1. The summed E-state index contributed by atoms with van der Waals surface area (Å²) in [5.41, 5.74) is 2.50. The molecule has 2 aromatic carbocycles. The molecular weight excluding hydrogens is 362 g/mol. The fourth-order valence-electron chi connectivity index (χ4n) is 4.53. The maximum atomic E-state index is 12.0. The summed E-state index contributed by atoms with van der Waals surface area (Å²) in [5.74, 6) is 1.84. The Morgan fingerprint density at radius 3 is 2.41 bits per heavy atom. The number of rotatable bonds is 7. The number of hydrogen-bond acceptors (Lipinski definition) is 4. The van der Waals surface area contributed by atoms with Gasteiger partial charge in [-0.15, -0.1) is 0 Å². The highest BCUT2D eigenvalue weighted by Crippen LogP contribution is 2.38. The molecule has 0 bridgehead atoms. The molecule has 1 atom stereocenters. The zero-order valence-electron chi connectivity index (χ0n) is 17.3. The molecule has 1 aliphatic carbocycles. The molecule has 0 amide bonds. The molecule has 1 saturated heterocycles. The molecule has 2 aliphatic rings. The number of ether oxygens (including phenoxy) is 2. The number of nitrogens with zero attached hydrogens (tertiary/aromatic N) is 1. The Balaban J connectivity index is 1.30. The topological polar surface area (TPSA) is 38.8 Å². The highest BCUT2D eigenvalue weighted by atomic mass is 16.5. The van der Waals surface area contributed by atoms with Crippen molar-refractivity contribution in [3.05, 3.63) is 65.7 Å². The van der Waals surface area contributed by atoms with Gasteiger partial charge in [0, 0.05) is 13.0 Å². The van der Waals surface area contributed by atoms with Crippen molar-refractivity contribution in [1.29, 1.82) is 0 Å². The van der Waals surface area contributed by atoms with Gasteiger partial charge < -0.3 is 9.47 Å². The van der Waals surface area contributed by atoms with E-state index >= 15 is 0 Å². The van der Waals surface area contributed by atoms with Gasteiger partial charge in [-0.25, -0.2) is 0 Å². The molecule has 29 heavy (non-hydrogen) atoms. The standard InChI is InChI=1S/C25H31NO3/c1-26-16-15-24(27)23(26)18-28-21-13-11-20(12-14-21)22-9-5-6-10-25(22)29-17-19-7-3-2-4-8-19/h2-10,20-21,23H,11-18H2,1H3. The zero-order valence-corrected chi connectivity index (χ0v) is 17.3. The summed E-state index contributed by atoms with van der Waals surface area (Å²) in [6.45, 7) is 2.00. The average Bonchev–Trinajstić information content (AvgIpc) is 3.09. The van der Waals surface area contributed by atoms with Crippen LogP contribution in [0.15, 0.2) is 54.6 Å². The largest absolute Gasteiger partial charge is 0.489 e. The Kier molecular flexibility index (Phi) is 6.63. The molecule has 1 heterocycles. The lowest BCUT2D eigenvalue weighted by molar-refractivity contribution is -0.122. The van der Waals surface area contributed by atoms with E-state index in [0.29, 0.717) is 31.3 Å². The van der Waals surface area contributed by atoms with Crippen molar-refractivity contribution in [2.45, 2.75) is 56.8 Å². The molecule has 4 rings (SSSR count). The molecule has 154 valence electrons. The number of carbonyl (C=O) groups excluding carboxylic acids is 1. The number of carbonyl (C=O) groups is 1. The van der Waals surface area contributed by atoms with E-state index in [0.717, 1.165) is 38.0 Å². The van der Waals surface area contributed by atoms with E-state index in [9.17, 15) is 4.79 Å². The molecule has 1 saturated carbocycles. The Morgan fingerprint density at radius 2 is 1.69 bits per heavy atom. The van der Waals surface area contributed by atoms with Gasteiger partial charge in [0.25, 0.3) is 0 Å². The van der Waals surface area contributed by atoms with E-state index in [2.05, 4.69) is 35.2 Å². The van der Waals surface area contributed by atoms with Crippen LogP contribution in [0, 0.1) is 0 Å². The lowest BCUT2D eigenvalue weighted by Gasteiger charge is -2.31. The number of ketones is 1. The van der Waals surface area contributed by atoms with Gasteiger partial charge in [0.2, 0.25) is 0 Å². The molecule has 0 N–H and O–H groups in total. The Hall–Kier alpha value is -2.17. The number of Topliss-reactive ketones (excluding diaryl/α,β-unsaturated/α-hetero) is 1. The molecule has 1 unspecified atom stereocenters. The van der Waals surface area contributed by atoms with Crippen LogP contribution in [0.25, 0.3) is 0 Å². The van der Waals surface area contributed by atoms with Crippen molar-refractivity contribution in [2.75, 3.05) is 20.2 Å². The fraction of sp³-hybridized carbons (Fsp3) is 0.480. The summed E-state index contributed by atoms with van der Waals surface area (Å²) in [4.78, 5) is 14.1. The molecule has 1 aliphatic heterocycles. The second-order valence-electron chi connectivity index (χ2n) is 8.33. The van der Waals surface area contributed by atoms with E-state index in [1.807, 2.05) is 31.3 Å². The number of benzene rings is 2. The van der Waals surface area contributed by atoms with Crippen molar-refractivity contribution >= 4 is 5.78 Å². The Labute approximate surface area is 173 Å². The van der Waals surface area contributed by atoms with Crippen LogP contribution in [0.3, 0.4) is 0 Å². The first-order chi connectivity index (χ1) is 14.2. The minimum absolute atomic E-state index is 0.0418. The summed E-state index contributed by atoms with van der Waals surface area (Å²) in [5, 5.41) is 0. The molecule has 0 radical (unpaired) electrons. The summed E-state index contributed by atoms with van der Waals surface area (Å²) in [6, 6.07) is 18.7. The van der Waals surface area contributed by atoms with Crippen LogP contribution in [0.2, 0.25) is 0 Å². The fourth-order valence-corrected chi connectivity index (χ4v) is 4.53. The minimum atomic E-state index is -0.0418. The second kappa shape index (κ2) is 9.55. The van der Waals surface area contributed by atoms with Gasteiger partial charge >= 0.3 is 0 Å². The quantitative estimate of drug-likeness (QED) is 0.690. The van der Waals surface area contributed by atoms with E-state index in [1.54, 1.807) is 0 Å². The van der Waals surface area contributed by atoms with Gasteiger partial charge in [-0.05, 0) is 55.8 Å². The lowest BCUT2D eigenvalue weighted by atomic mass is 9.82.